The van der Waals surface area contributed by atoms with Crippen LogP contribution >= 0.6 is 0 Å². The van der Waals surface area contributed by atoms with E-state index in [0.717, 1.165) is 45.2 Å². The number of fused-ring (bicyclic) bond motifs is 2. The van der Waals surface area contributed by atoms with Crippen LogP contribution in [0.15, 0.2) is 55.0 Å². The van der Waals surface area contributed by atoms with Crippen LogP contribution in [0.1, 0.15) is 11.1 Å². The summed E-state index contributed by atoms with van der Waals surface area (Å²) in [7, 11) is -1.45. The predicted octanol–water partition coefficient (Wildman–Crippen LogP) is 4.39. The number of ether oxygens (including phenoxy) is 2. The Kier molecular flexibility index (Phi) is 5.03. The normalized spacial score (nSPS) is 12.5. The van der Waals surface area contributed by atoms with E-state index in [2.05, 4.69) is 51.5 Å². The van der Waals surface area contributed by atoms with E-state index in [9.17, 15) is 0 Å². The lowest BCUT2D eigenvalue weighted by Gasteiger charge is -2.08. The zero-order valence-electron chi connectivity index (χ0n) is 18.2. The Balaban J connectivity index is 1.41. The summed E-state index contributed by atoms with van der Waals surface area (Å²) in [5.41, 5.74) is 7.12. The molecule has 0 bridgehead atoms. The molecule has 2 aromatic carbocycles. The largest absolute Gasteiger partial charge is 0.454 e. The molecule has 7 nitrogen and oxygen atoms in total. The molecule has 0 saturated carbocycles. The number of rotatable bonds is 4. The van der Waals surface area contributed by atoms with Crippen LogP contribution in [-0.2, 0) is 6.54 Å². The standard InChI is InChI=1S/C24H23N5O2Si/c1-32(2,3)10-9-17-5-4-6-19(11-17)29-24-20(14-28-29)23(26-15-27-24)25-13-18-7-8-21-22(12-18)31-16-30-21/h4-8,11-12,14-15H,13,16H2,1-3H3,(H,25,26,27). The maximum atomic E-state index is 5.46. The van der Waals surface area contributed by atoms with Crippen LogP contribution in [0, 0.1) is 11.5 Å². The van der Waals surface area contributed by atoms with Gasteiger partial charge >= 0.3 is 0 Å². The lowest BCUT2D eigenvalue weighted by atomic mass is 10.2. The third kappa shape index (κ3) is 4.15. The maximum absolute atomic E-state index is 5.46. The molecule has 0 atom stereocenters. The number of nitrogens with zero attached hydrogens (tertiary/aromatic N) is 4. The fraction of sp³-hybridized carbons (Fsp3) is 0.208. The van der Waals surface area contributed by atoms with Crippen LogP contribution in [0.3, 0.4) is 0 Å². The van der Waals surface area contributed by atoms with E-state index in [1.54, 1.807) is 12.5 Å². The van der Waals surface area contributed by atoms with Crippen molar-refractivity contribution in [1.29, 1.82) is 0 Å². The number of aromatic nitrogens is 4. The summed E-state index contributed by atoms with van der Waals surface area (Å²) in [5, 5.41) is 8.82. The summed E-state index contributed by atoms with van der Waals surface area (Å²) in [6.07, 6.45) is 3.34. The summed E-state index contributed by atoms with van der Waals surface area (Å²) in [6.45, 7) is 7.57. The highest BCUT2D eigenvalue weighted by Crippen LogP contribution is 2.32. The molecule has 0 radical (unpaired) electrons. The predicted molar refractivity (Wildman–Crippen MR) is 127 cm³/mol. The topological polar surface area (TPSA) is 74.1 Å². The van der Waals surface area contributed by atoms with Gasteiger partial charge in [-0.05, 0) is 35.9 Å². The lowest BCUT2D eigenvalue weighted by molar-refractivity contribution is 0.174. The van der Waals surface area contributed by atoms with E-state index in [1.165, 1.54) is 0 Å². The summed E-state index contributed by atoms with van der Waals surface area (Å²) < 4.78 is 12.7. The third-order valence-electron chi connectivity index (χ3n) is 4.94. The molecule has 4 aromatic rings. The van der Waals surface area contributed by atoms with Crippen LogP contribution in [0.5, 0.6) is 11.5 Å². The van der Waals surface area contributed by atoms with E-state index in [4.69, 9.17) is 9.47 Å². The highest BCUT2D eigenvalue weighted by atomic mass is 28.3. The fourth-order valence-electron chi connectivity index (χ4n) is 3.39. The van der Waals surface area contributed by atoms with Gasteiger partial charge < -0.3 is 14.8 Å². The van der Waals surface area contributed by atoms with E-state index in [-0.39, 0.29) is 6.79 Å². The molecule has 8 heteroatoms. The van der Waals surface area contributed by atoms with Gasteiger partial charge in [-0.2, -0.15) is 5.10 Å². The molecule has 2 aromatic heterocycles. The van der Waals surface area contributed by atoms with Gasteiger partial charge in [0.15, 0.2) is 17.1 Å². The molecular weight excluding hydrogens is 418 g/mol. The zero-order valence-corrected chi connectivity index (χ0v) is 19.2. The number of nitrogens with one attached hydrogen (secondary N) is 1. The van der Waals surface area contributed by atoms with Gasteiger partial charge in [0.25, 0.3) is 0 Å². The first-order valence-electron chi connectivity index (χ1n) is 10.4. The first kappa shape index (κ1) is 20.1. The van der Waals surface area contributed by atoms with Gasteiger partial charge in [0.1, 0.15) is 20.2 Å². The average Bonchev–Trinajstić information content (AvgIpc) is 3.43. The average molecular weight is 442 g/mol. The second-order valence-corrected chi connectivity index (χ2v) is 13.4. The molecular formula is C24H23N5O2Si. The first-order valence-corrected chi connectivity index (χ1v) is 13.9. The molecule has 160 valence electrons. The van der Waals surface area contributed by atoms with Crippen LogP contribution < -0.4 is 14.8 Å². The second kappa shape index (κ2) is 8.02. The smallest absolute Gasteiger partial charge is 0.231 e. The van der Waals surface area contributed by atoms with Crippen LogP contribution in [-0.4, -0.2) is 34.6 Å². The van der Waals surface area contributed by atoms with E-state index in [0.29, 0.717) is 6.54 Å². The Morgan fingerprint density at radius 2 is 1.94 bits per heavy atom. The van der Waals surface area contributed by atoms with Gasteiger partial charge in [0.05, 0.1) is 17.3 Å². The second-order valence-electron chi connectivity index (χ2n) is 8.61. The Morgan fingerprint density at radius 1 is 1.06 bits per heavy atom. The molecule has 0 amide bonds. The van der Waals surface area contributed by atoms with E-state index in [1.807, 2.05) is 47.1 Å². The van der Waals surface area contributed by atoms with Gasteiger partial charge in [0.2, 0.25) is 6.79 Å². The minimum atomic E-state index is -1.45. The summed E-state index contributed by atoms with van der Waals surface area (Å²) in [4.78, 5) is 8.91. The molecule has 3 heterocycles. The number of hydrogen-bond donors (Lipinski definition) is 1. The first-order chi connectivity index (χ1) is 15.5. The van der Waals surface area contributed by atoms with Crippen molar-refractivity contribution in [2.75, 3.05) is 12.1 Å². The van der Waals surface area contributed by atoms with Crippen molar-refractivity contribution in [3.63, 3.8) is 0 Å². The van der Waals surface area contributed by atoms with E-state index < -0.39 is 8.07 Å². The Hall–Kier alpha value is -3.83. The molecule has 0 unspecified atom stereocenters. The number of anilines is 1. The summed E-state index contributed by atoms with van der Waals surface area (Å²) in [6, 6.07) is 14.0. The van der Waals surface area contributed by atoms with Crippen molar-refractivity contribution in [3.05, 3.63) is 66.1 Å². The van der Waals surface area contributed by atoms with Gasteiger partial charge in [0, 0.05) is 12.1 Å². The Bertz CT molecular complexity index is 1360. The molecule has 0 saturated heterocycles. The van der Waals surface area contributed by atoms with Gasteiger partial charge in [-0.25, -0.2) is 14.6 Å². The van der Waals surface area contributed by atoms with Gasteiger partial charge in [-0.1, -0.05) is 37.7 Å². The number of benzene rings is 2. The molecule has 0 fully saturated rings. The van der Waals surface area contributed by atoms with E-state index >= 15 is 0 Å². The quantitative estimate of drug-likeness (QED) is 0.374. The Morgan fingerprint density at radius 3 is 2.81 bits per heavy atom. The van der Waals surface area contributed by atoms with Crippen molar-refractivity contribution in [1.82, 2.24) is 19.7 Å². The molecule has 1 aliphatic heterocycles. The molecule has 5 rings (SSSR count). The Labute approximate surface area is 187 Å². The summed E-state index contributed by atoms with van der Waals surface area (Å²) >= 11 is 0. The van der Waals surface area contributed by atoms with Crippen LogP contribution in [0.25, 0.3) is 16.7 Å². The van der Waals surface area contributed by atoms with Gasteiger partial charge in [-0.15, -0.1) is 5.54 Å². The zero-order chi connectivity index (χ0) is 22.1. The molecule has 0 spiro atoms. The monoisotopic (exact) mass is 441 g/mol. The lowest BCUT2D eigenvalue weighted by Crippen LogP contribution is -2.16. The van der Waals surface area contributed by atoms with Crippen molar-refractivity contribution in [2.45, 2.75) is 26.2 Å². The van der Waals surface area contributed by atoms with Crippen molar-refractivity contribution < 1.29 is 9.47 Å². The molecule has 32 heavy (non-hydrogen) atoms. The maximum Gasteiger partial charge on any atom is 0.231 e. The summed E-state index contributed by atoms with van der Waals surface area (Å²) in [5.74, 6) is 5.58. The molecule has 1 aliphatic rings. The fourth-order valence-corrected chi connectivity index (χ4v) is 3.91. The van der Waals surface area contributed by atoms with Gasteiger partial charge in [-0.3, -0.25) is 0 Å². The molecule has 1 N–H and O–H groups in total. The SMILES string of the molecule is C[Si](C)(C)C#Cc1cccc(-n2ncc3c(NCc4ccc5c(c4)OCO5)ncnc32)c1. The van der Waals surface area contributed by atoms with Crippen molar-refractivity contribution in [2.24, 2.45) is 0 Å². The van der Waals surface area contributed by atoms with Crippen molar-refractivity contribution in [3.8, 4) is 28.7 Å². The van der Waals surface area contributed by atoms with Crippen LogP contribution in [0.2, 0.25) is 19.6 Å². The van der Waals surface area contributed by atoms with Crippen molar-refractivity contribution >= 4 is 24.9 Å². The number of hydrogen-bond acceptors (Lipinski definition) is 6. The highest BCUT2D eigenvalue weighted by molar-refractivity contribution is 6.83. The third-order valence-corrected chi connectivity index (χ3v) is 5.81. The minimum Gasteiger partial charge on any atom is -0.454 e. The highest BCUT2D eigenvalue weighted by Gasteiger charge is 2.15. The molecule has 0 aliphatic carbocycles. The van der Waals surface area contributed by atoms with Crippen LogP contribution in [0.4, 0.5) is 5.82 Å². The minimum absolute atomic E-state index is 0.267.